The average molecular weight is 320 g/mol. The smallest absolute Gasteiger partial charge is 0.306 e. The van der Waals surface area contributed by atoms with E-state index in [2.05, 4.69) is 0 Å². The number of nitrogens with zero attached hydrogens (tertiary/aromatic N) is 1. The Bertz CT molecular complexity index is 580. The second-order valence-electron chi connectivity index (χ2n) is 5.87. The minimum atomic E-state index is -0.747. The molecule has 0 amide bonds. The van der Waals surface area contributed by atoms with E-state index in [0.29, 0.717) is 49.5 Å². The Labute approximate surface area is 136 Å². The third-order valence-corrected chi connectivity index (χ3v) is 4.40. The molecule has 126 valence electrons. The summed E-state index contributed by atoms with van der Waals surface area (Å²) in [5, 5.41) is 9.04. The number of nitrogen functional groups attached to an aromatic ring is 1. The number of Topliss-reactive ketones (excluding diaryl/α,β-unsaturated/α-hetero) is 1. The van der Waals surface area contributed by atoms with Crippen LogP contribution in [0.25, 0.3) is 0 Å². The normalized spacial score (nSPS) is 17.7. The molecule has 1 atom stereocenters. The van der Waals surface area contributed by atoms with E-state index in [1.54, 1.807) is 18.2 Å². The van der Waals surface area contributed by atoms with E-state index in [-0.39, 0.29) is 17.7 Å². The molecule has 0 radical (unpaired) electrons. The van der Waals surface area contributed by atoms with Crippen molar-refractivity contribution in [2.45, 2.75) is 32.7 Å². The number of carboxylic acids is 1. The van der Waals surface area contributed by atoms with Gasteiger partial charge < -0.3 is 15.6 Å². The number of hydrogen-bond acceptors (Lipinski definition) is 5. The van der Waals surface area contributed by atoms with Gasteiger partial charge in [-0.1, -0.05) is 0 Å². The summed E-state index contributed by atoms with van der Waals surface area (Å²) in [4.78, 5) is 25.7. The Morgan fingerprint density at radius 2 is 2.04 bits per heavy atom. The van der Waals surface area contributed by atoms with Crippen molar-refractivity contribution < 1.29 is 19.4 Å². The largest absolute Gasteiger partial charge is 0.492 e. The number of ketones is 1. The summed E-state index contributed by atoms with van der Waals surface area (Å²) in [7, 11) is 0. The maximum absolute atomic E-state index is 12.6. The highest BCUT2D eigenvalue weighted by atomic mass is 16.5. The highest BCUT2D eigenvalue weighted by Crippen LogP contribution is 2.25. The number of carboxylic acid groups (broad SMARTS) is 1. The fraction of sp³-hybridized carbons (Fsp3) is 0.529. The topological polar surface area (TPSA) is 92.9 Å². The number of hydrogen-bond donors (Lipinski definition) is 2. The third kappa shape index (κ3) is 4.01. The molecule has 0 saturated carbocycles. The number of carbonyl (C=O) groups is 2. The fourth-order valence-corrected chi connectivity index (χ4v) is 2.93. The Balaban J connectivity index is 2.02. The van der Waals surface area contributed by atoms with Crippen LogP contribution >= 0.6 is 0 Å². The molecule has 0 aromatic heterocycles. The van der Waals surface area contributed by atoms with Crippen LogP contribution < -0.4 is 10.5 Å². The van der Waals surface area contributed by atoms with Gasteiger partial charge in [0.25, 0.3) is 0 Å². The summed E-state index contributed by atoms with van der Waals surface area (Å²) in [6.45, 7) is 5.50. The van der Waals surface area contributed by atoms with Crippen LogP contribution in [0, 0.1) is 5.92 Å². The molecular weight excluding hydrogens is 296 g/mol. The zero-order chi connectivity index (χ0) is 17.0. The van der Waals surface area contributed by atoms with Gasteiger partial charge in [-0.15, -0.1) is 0 Å². The molecule has 1 aliphatic heterocycles. The molecule has 1 aliphatic rings. The lowest BCUT2D eigenvalue weighted by Crippen LogP contribution is -2.45. The molecule has 0 spiro atoms. The lowest BCUT2D eigenvalue weighted by molar-refractivity contribution is -0.143. The van der Waals surface area contributed by atoms with Crippen molar-refractivity contribution in [1.29, 1.82) is 0 Å². The molecule has 6 heteroatoms. The molecule has 3 N–H and O–H groups in total. The van der Waals surface area contributed by atoms with E-state index in [9.17, 15) is 9.59 Å². The molecule has 6 nitrogen and oxygen atoms in total. The minimum absolute atomic E-state index is 0.00600. The first-order chi connectivity index (χ1) is 10.9. The Morgan fingerprint density at radius 3 is 2.57 bits per heavy atom. The van der Waals surface area contributed by atoms with Gasteiger partial charge in [0, 0.05) is 5.56 Å². The van der Waals surface area contributed by atoms with Gasteiger partial charge >= 0.3 is 5.97 Å². The quantitative estimate of drug-likeness (QED) is 0.615. The van der Waals surface area contributed by atoms with Crippen molar-refractivity contribution in [1.82, 2.24) is 4.90 Å². The number of anilines is 1. The van der Waals surface area contributed by atoms with Gasteiger partial charge in [0.2, 0.25) is 0 Å². The maximum Gasteiger partial charge on any atom is 0.306 e. The van der Waals surface area contributed by atoms with Gasteiger partial charge in [-0.25, -0.2) is 0 Å². The summed E-state index contributed by atoms with van der Waals surface area (Å²) in [5.41, 5.74) is 6.93. The zero-order valence-corrected chi connectivity index (χ0v) is 13.6. The summed E-state index contributed by atoms with van der Waals surface area (Å²) in [5.74, 6) is -0.468. The van der Waals surface area contributed by atoms with Crippen molar-refractivity contribution in [3.8, 4) is 5.75 Å². The van der Waals surface area contributed by atoms with Crippen molar-refractivity contribution >= 4 is 17.4 Å². The molecule has 23 heavy (non-hydrogen) atoms. The van der Waals surface area contributed by atoms with Crippen LogP contribution in [0.2, 0.25) is 0 Å². The van der Waals surface area contributed by atoms with E-state index >= 15 is 0 Å². The number of nitrogens with two attached hydrogens (primary N) is 1. The molecule has 0 aliphatic carbocycles. The van der Waals surface area contributed by atoms with Crippen molar-refractivity contribution in [2.24, 2.45) is 5.92 Å². The second-order valence-corrected chi connectivity index (χ2v) is 5.87. The molecule has 1 heterocycles. The average Bonchev–Trinajstić information content (AvgIpc) is 2.55. The lowest BCUT2D eigenvalue weighted by atomic mass is 9.94. The number of benzene rings is 1. The number of piperidine rings is 1. The fourth-order valence-electron chi connectivity index (χ4n) is 2.93. The van der Waals surface area contributed by atoms with Crippen LogP contribution in [0.5, 0.6) is 5.75 Å². The van der Waals surface area contributed by atoms with E-state index < -0.39 is 5.97 Å². The Morgan fingerprint density at radius 1 is 1.39 bits per heavy atom. The van der Waals surface area contributed by atoms with E-state index in [1.807, 2.05) is 18.7 Å². The van der Waals surface area contributed by atoms with Crippen LogP contribution in [0.15, 0.2) is 18.2 Å². The number of likely N-dealkylation sites (tertiary alicyclic amines) is 1. The summed E-state index contributed by atoms with van der Waals surface area (Å²) < 4.78 is 5.38. The zero-order valence-electron chi connectivity index (χ0n) is 13.6. The van der Waals surface area contributed by atoms with Gasteiger partial charge in [0.1, 0.15) is 5.75 Å². The number of carbonyl (C=O) groups excluding carboxylic acids is 1. The lowest BCUT2D eigenvalue weighted by Gasteiger charge is -2.34. The molecule has 1 aromatic carbocycles. The van der Waals surface area contributed by atoms with Crippen LogP contribution in [0.3, 0.4) is 0 Å². The van der Waals surface area contributed by atoms with Gasteiger partial charge in [0.05, 0.1) is 24.3 Å². The molecule has 1 aromatic rings. The van der Waals surface area contributed by atoms with Crippen molar-refractivity contribution in [3.63, 3.8) is 0 Å². The first-order valence-electron chi connectivity index (χ1n) is 7.97. The Kier molecular flexibility index (Phi) is 5.60. The van der Waals surface area contributed by atoms with E-state index in [1.165, 1.54) is 0 Å². The van der Waals surface area contributed by atoms with E-state index in [0.717, 1.165) is 0 Å². The Hall–Kier alpha value is -2.08. The maximum atomic E-state index is 12.6. The van der Waals surface area contributed by atoms with Crippen molar-refractivity contribution in [2.75, 3.05) is 25.4 Å². The van der Waals surface area contributed by atoms with Crippen LogP contribution in [0.1, 0.15) is 37.0 Å². The van der Waals surface area contributed by atoms with Gasteiger partial charge in [-0.2, -0.15) is 0 Å². The van der Waals surface area contributed by atoms with Gasteiger partial charge in [-0.05, 0) is 58.0 Å². The molecule has 1 saturated heterocycles. The first-order valence-corrected chi connectivity index (χ1v) is 7.97. The number of rotatable bonds is 6. The van der Waals surface area contributed by atoms with Crippen LogP contribution in [0.4, 0.5) is 5.69 Å². The summed E-state index contributed by atoms with van der Waals surface area (Å²) >= 11 is 0. The highest BCUT2D eigenvalue weighted by Gasteiger charge is 2.30. The molecule has 1 unspecified atom stereocenters. The van der Waals surface area contributed by atoms with E-state index in [4.69, 9.17) is 15.6 Å². The van der Waals surface area contributed by atoms with Crippen LogP contribution in [-0.2, 0) is 4.79 Å². The number of aliphatic carboxylic acids is 1. The standard InChI is InChI=1S/C17H24N2O4/c1-3-23-15-5-4-13(10-14(15)18)16(20)11(2)19-8-6-12(7-9-19)17(21)22/h4-5,10-12H,3,6-9,18H2,1-2H3,(H,21,22). The number of ether oxygens (including phenoxy) is 1. The van der Waals surface area contributed by atoms with Gasteiger partial charge in [-0.3, -0.25) is 14.5 Å². The summed E-state index contributed by atoms with van der Waals surface area (Å²) in [6, 6.07) is 4.80. The third-order valence-electron chi connectivity index (χ3n) is 4.40. The van der Waals surface area contributed by atoms with Crippen molar-refractivity contribution in [3.05, 3.63) is 23.8 Å². The molecular formula is C17H24N2O4. The SMILES string of the molecule is CCOc1ccc(C(=O)C(C)N2CCC(C(=O)O)CC2)cc1N. The predicted octanol–water partition coefficient (Wildman–Crippen LogP) is 2.04. The monoisotopic (exact) mass is 320 g/mol. The highest BCUT2D eigenvalue weighted by molar-refractivity contribution is 6.00. The van der Waals surface area contributed by atoms with Crippen LogP contribution in [-0.4, -0.2) is 47.5 Å². The summed E-state index contributed by atoms with van der Waals surface area (Å²) in [6.07, 6.45) is 1.16. The minimum Gasteiger partial charge on any atom is -0.492 e. The molecule has 0 bridgehead atoms. The molecule has 2 rings (SSSR count). The molecule has 1 fully saturated rings. The first kappa shape index (κ1) is 17.3. The van der Waals surface area contributed by atoms with Gasteiger partial charge in [0.15, 0.2) is 5.78 Å². The predicted molar refractivity (Wildman–Crippen MR) is 87.7 cm³/mol. The second kappa shape index (κ2) is 7.46.